The van der Waals surface area contributed by atoms with Crippen molar-refractivity contribution in [3.63, 3.8) is 0 Å². The molecule has 1 amide bonds. The first-order valence-corrected chi connectivity index (χ1v) is 11.9. The monoisotopic (exact) mass is 513 g/mol. The van der Waals surface area contributed by atoms with Crippen LogP contribution in [-0.4, -0.2) is 16.0 Å². The lowest BCUT2D eigenvalue weighted by atomic mass is 9.97. The second-order valence-corrected chi connectivity index (χ2v) is 9.47. The topological polar surface area (TPSA) is 68.0 Å². The van der Waals surface area contributed by atoms with Crippen molar-refractivity contribution in [2.45, 2.75) is 25.1 Å². The second-order valence-electron chi connectivity index (χ2n) is 8.42. The summed E-state index contributed by atoms with van der Waals surface area (Å²) in [5, 5.41) is 6.91. The van der Waals surface area contributed by atoms with Crippen molar-refractivity contribution in [3.05, 3.63) is 83.5 Å². The fourth-order valence-electron chi connectivity index (χ4n) is 4.22. The quantitative estimate of drug-likeness (QED) is 0.222. The van der Waals surface area contributed by atoms with Crippen molar-refractivity contribution in [2.24, 2.45) is 5.92 Å². The molecule has 0 spiro atoms. The zero-order valence-corrected chi connectivity index (χ0v) is 19.5. The first-order valence-electron chi connectivity index (χ1n) is 11.1. The van der Waals surface area contributed by atoms with Crippen LogP contribution in [0.2, 0.25) is 0 Å². The Morgan fingerprint density at radius 1 is 1.11 bits per heavy atom. The van der Waals surface area contributed by atoms with Crippen LogP contribution in [0.5, 0.6) is 0 Å². The number of nitrogens with one attached hydrogen (secondary N) is 1. The Labute approximate surface area is 207 Å². The van der Waals surface area contributed by atoms with Gasteiger partial charge in [-0.2, -0.15) is 18.2 Å². The highest BCUT2D eigenvalue weighted by Gasteiger charge is 2.37. The number of hydrogen-bond donors (Lipinski definition) is 1. The van der Waals surface area contributed by atoms with Crippen molar-refractivity contribution in [1.82, 2.24) is 15.5 Å². The molecule has 3 heterocycles. The predicted molar refractivity (Wildman–Crippen MR) is 127 cm³/mol. The highest BCUT2D eigenvalue weighted by Crippen LogP contribution is 2.45. The van der Waals surface area contributed by atoms with Crippen molar-refractivity contribution >= 4 is 17.2 Å². The zero-order chi connectivity index (χ0) is 25.4. The highest BCUT2D eigenvalue weighted by molar-refractivity contribution is 7.16. The number of allylic oxidation sites excluding steroid dienone is 1. The van der Waals surface area contributed by atoms with Gasteiger partial charge in [-0.1, -0.05) is 47.6 Å². The van der Waals surface area contributed by atoms with Crippen LogP contribution in [-0.2, 0) is 11.0 Å². The number of benzene rings is 2. The number of carbonyl (C=O) groups is 1. The number of halogens is 4. The van der Waals surface area contributed by atoms with Crippen molar-refractivity contribution in [1.29, 1.82) is 0 Å². The molecule has 1 fully saturated rings. The predicted octanol–water partition coefficient (Wildman–Crippen LogP) is 7.04. The molecule has 0 radical (unpaired) electrons. The molecule has 4 aromatic rings. The Balaban J connectivity index is 1.40. The number of rotatable bonds is 6. The maximum Gasteiger partial charge on any atom is 0.426 e. The summed E-state index contributed by atoms with van der Waals surface area (Å²) in [6.07, 6.45) is -1.58. The summed E-state index contributed by atoms with van der Waals surface area (Å²) in [6, 6.07) is 13.3. The molecule has 0 bridgehead atoms. The fourth-order valence-corrected chi connectivity index (χ4v) is 5.19. The van der Waals surface area contributed by atoms with E-state index in [-0.39, 0.29) is 45.6 Å². The number of alkyl halides is 3. The Morgan fingerprint density at radius 2 is 1.81 bits per heavy atom. The minimum atomic E-state index is -4.61. The molecule has 184 valence electrons. The molecule has 0 unspecified atom stereocenters. The standard InChI is InChI=1S/C26H19F4N3O2S/c1-2-3-17-12-20(31-24(17)34)15-4-6-16(7-5-15)23-32-25(35-33-23)21-13-19(22(36-21)26(28,29)30)14-8-10-18(27)11-9-14/h2,4-11,13,17,20H,1,3,12H2,(H,31,34)/t17-,20+/m1/s1. The first kappa shape index (κ1) is 23.9. The van der Waals surface area contributed by atoms with Gasteiger partial charge in [0, 0.05) is 17.0 Å². The van der Waals surface area contributed by atoms with Crippen LogP contribution in [0, 0.1) is 11.7 Å². The Bertz CT molecular complexity index is 1410. The lowest BCUT2D eigenvalue weighted by molar-refractivity contribution is -0.133. The van der Waals surface area contributed by atoms with E-state index in [0.717, 1.165) is 17.7 Å². The second kappa shape index (κ2) is 9.34. The number of carbonyl (C=O) groups excluding carboxylic acids is 1. The summed E-state index contributed by atoms with van der Waals surface area (Å²) in [7, 11) is 0. The van der Waals surface area contributed by atoms with Gasteiger partial charge in [0.2, 0.25) is 11.7 Å². The average Bonchev–Trinajstić information content (AvgIpc) is 3.58. The van der Waals surface area contributed by atoms with E-state index in [1.165, 1.54) is 18.2 Å². The number of aromatic nitrogens is 2. The van der Waals surface area contributed by atoms with E-state index in [0.29, 0.717) is 29.7 Å². The Kier molecular flexibility index (Phi) is 6.21. The van der Waals surface area contributed by atoms with Gasteiger partial charge in [0.15, 0.2) is 0 Å². The molecule has 1 aliphatic rings. The number of hydrogen-bond acceptors (Lipinski definition) is 5. The molecular weight excluding hydrogens is 494 g/mol. The van der Waals surface area contributed by atoms with Gasteiger partial charge in [-0.05, 0) is 42.2 Å². The van der Waals surface area contributed by atoms with E-state index < -0.39 is 16.9 Å². The summed E-state index contributed by atoms with van der Waals surface area (Å²) in [4.78, 5) is 15.7. The van der Waals surface area contributed by atoms with E-state index in [1.54, 1.807) is 18.2 Å². The molecule has 2 aromatic heterocycles. The molecule has 2 atom stereocenters. The smallest absolute Gasteiger partial charge is 0.349 e. The fraction of sp³-hybridized carbons (Fsp3) is 0.192. The minimum absolute atomic E-state index is 0.000895. The number of nitrogens with zero attached hydrogens (tertiary/aromatic N) is 2. The molecule has 2 aromatic carbocycles. The van der Waals surface area contributed by atoms with Gasteiger partial charge >= 0.3 is 6.18 Å². The summed E-state index contributed by atoms with van der Waals surface area (Å²) < 4.78 is 59.7. The summed E-state index contributed by atoms with van der Waals surface area (Å²) in [5.74, 6) is -0.461. The maximum absolute atomic E-state index is 13.7. The molecule has 10 heteroatoms. The largest absolute Gasteiger partial charge is 0.426 e. The van der Waals surface area contributed by atoms with Crippen LogP contribution in [0.25, 0.3) is 33.3 Å². The van der Waals surface area contributed by atoms with Gasteiger partial charge in [-0.15, -0.1) is 17.9 Å². The maximum atomic E-state index is 13.7. The molecule has 0 aliphatic carbocycles. The normalized spacial score (nSPS) is 17.8. The number of amides is 1. The molecule has 1 saturated heterocycles. The molecule has 36 heavy (non-hydrogen) atoms. The van der Waals surface area contributed by atoms with Gasteiger partial charge in [0.05, 0.1) is 10.9 Å². The van der Waals surface area contributed by atoms with Crippen molar-refractivity contribution in [3.8, 4) is 33.3 Å². The lowest BCUT2D eigenvalue weighted by Gasteiger charge is -2.10. The third-order valence-electron chi connectivity index (χ3n) is 6.01. The van der Waals surface area contributed by atoms with Gasteiger partial charge in [-0.25, -0.2) is 4.39 Å². The third-order valence-corrected chi connectivity index (χ3v) is 7.18. The van der Waals surface area contributed by atoms with E-state index in [9.17, 15) is 22.4 Å². The van der Waals surface area contributed by atoms with E-state index >= 15 is 0 Å². The molecule has 5 nitrogen and oxygen atoms in total. The minimum Gasteiger partial charge on any atom is -0.349 e. The lowest BCUT2D eigenvalue weighted by Crippen LogP contribution is -2.21. The van der Waals surface area contributed by atoms with Crippen LogP contribution < -0.4 is 5.32 Å². The van der Waals surface area contributed by atoms with E-state index in [2.05, 4.69) is 22.0 Å². The molecule has 1 N–H and O–H groups in total. The van der Waals surface area contributed by atoms with Crippen molar-refractivity contribution < 1.29 is 26.9 Å². The van der Waals surface area contributed by atoms with Crippen LogP contribution in [0.15, 0.2) is 71.8 Å². The SMILES string of the molecule is C=CC[C@@H]1C[C@@H](c2ccc(-c3noc(-c4cc(-c5ccc(F)cc5)c(C(F)(F)F)s4)n3)cc2)NC1=O. The number of thiophene rings is 1. The summed E-state index contributed by atoms with van der Waals surface area (Å²) in [6.45, 7) is 3.69. The van der Waals surface area contributed by atoms with Gasteiger partial charge < -0.3 is 9.84 Å². The van der Waals surface area contributed by atoms with Gasteiger partial charge in [0.1, 0.15) is 10.7 Å². The van der Waals surface area contributed by atoms with Crippen LogP contribution in [0.1, 0.15) is 29.3 Å². The van der Waals surface area contributed by atoms with Gasteiger partial charge in [0.25, 0.3) is 5.89 Å². The van der Waals surface area contributed by atoms with Crippen molar-refractivity contribution in [2.75, 3.05) is 0 Å². The zero-order valence-electron chi connectivity index (χ0n) is 18.7. The van der Waals surface area contributed by atoms with Crippen LogP contribution in [0.3, 0.4) is 0 Å². The Morgan fingerprint density at radius 3 is 2.47 bits per heavy atom. The first-order chi connectivity index (χ1) is 17.2. The third kappa shape index (κ3) is 4.68. The van der Waals surface area contributed by atoms with E-state index in [1.807, 2.05) is 12.1 Å². The van der Waals surface area contributed by atoms with Gasteiger partial charge in [-0.3, -0.25) is 4.79 Å². The average molecular weight is 514 g/mol. The van der Waals surface area contributed by atoms with Crippen LogP contribution >= 0.6 is 11.3 Å². The highest BCUT2D eigenvalue weighted by atomic mass is 32.1. The van der Waals surface area contributed by atoms with E-state index in [4.69, 9.17) is 4.52 Å². The molecule has 1 aliphatic heterocycles. The summed E-state index contributed by atoms with van der Waals surface area (Å²) >= 11 is 0.488. The molecule has 0 saturated carbocycles. The molecule has 5 rings (SSSR count). The molecular formula is C26H19F4N3O2S. The van der Waals surface area contributed by atoms with Crippen LogP contribution in [0.4, 0.5) is 17.6 Å². The Hall–Kier alpha value is -3.79. The summed E-state index contributed by atoms with van der Waals surface area (Å²) in [5.41, 5.74) is 1.70.